The van der Waals surface area contributed by atoms with E-state index in [2.05, 4.69) is 133 Å². The molecule has 0 amide bonds. The fraction of sp³-hybridized carbons (Fsp3) is 0.222. The normalized spacial score (nSPS) is 12.2. The summed E-state index contributed by atoms with van der Waals surface area (Å²) < 4.78 is 12.4. The summed E-state index contributed by atoms with van der Waals surface area (Å²) in [5.41, 5.74) is 7.25. The average molecular weight is 589 g/mol. The van der Waals surface area contributed by atoms with Crippen LogP contribution in [0.1, 0.15) is 31.9 Å². The van der Waals surface area contributed by atoms with Gasteiger partial charge in [-0.1, -0.05) is 106 Å². The molecule has 7 heteroatoms. The largest absolute Gasteiger partial charge is 0.444 e. The van der Waals surface area contributed by atoms with E-state index in [4.69, 9.17) is 8.84 Å². The van der Waals surface area contributed by atoms with Crippen molar-refractivity contribution in [2.24, 2.45) is 5.10 Å². The van der Waals surface area contributed by atoms with E-state index in [9.17, 15) is 0 Å². The molecule has 0 bridgehead atoms. The van der Waals surface area contributed by atoms with Crippen molar-refractivity contribution < 1.29 is 8.84 Å². The molecular formula is C36H40N4O2Si. The lowest BCUT2D eigenvalue weighted by Gasteiger charge is -2.43. The molecule has 0 aliphatic rings. The molecule has 0 spiro atoms. The predicted molar refractivity (Wildman–Crippen MR) is 180 cm³/mol. The standard InChI is InChI=1S/C36H40N4O2Si/c1-36(2,3)43(33-11-7-5-8-12-33,34-13-9-6-10-14-34)42-24-23-40(4)27-30-17-15-29(16-18-30)25-38-39-32-21-19-31(20-22-32)35-26-37-28-41-35/h5-22,25-26,28,39H,23-24,27H2,1-4H3/b38-25+. The second kappa shape index (κ2) is 13.8. The van der Waals surface area contributed by atoms with Crippen LogP contribution in [0.15, 0.2) is 131 Å². The van der Waals surface area contributed by atoms with Crippen LogP contribution in [-0.2, 0) is 11.0 Å². The number of aromatic nitrogens is 1. The van der Waals surface area contributed by atoms with Crippen molar-refractivity contribution in [3.8, 4) is 11.3 Å². The average Bonchev–Trinajstić information content (AvgIpc) is 3.56. The van der Waals surface area contributed by atoms with Gasteiger partial charge in [-0.05, 0) is 57.9 Å². The van der Waals surface area contributed by atoms with Crippen LogP contribution in [0.2, 0.25) is 5.04 Å². The molecule has 0 unspecified atom stereocenters. The Morgan fingerprint density at radius 3 is 2.05 bits per heavy atom. The molecule has 43 heavy (non-hydrogen) atoms. The van der Waals surface area contributed by atoms with Gasteiger partial charge in [0.25, 0.3) is 8.32 Å². The predicted octanol–water partition coefficient (Wildman–Crippen LogP) is 6.80. The smallest absolute Gasteiger partial charge is 0.261 e. The molecule has 6 nitrogen and oxygen atoms in total. The summed E-state index contributed by atoms with van der Waals surface area (Å²) in [7, 11) is -0.368. The molecule has 0 saturated heterocycles. The summed E-state index contributed by atoms with van der Waals surface area (Å²) in [6, 6.07) is 38.0. The third-order valence-corrected chi connectivity index (χ3v) is 12.7. The van der Waals surface area contributed by atoms with Crippen molar-refractivity contribution in [2.45, 2.75) is 32.4 Å². The Morgan fingerprint density at radius 2 is 1.49 bits per heavy atom. The second-order valence-electron chi connectivity index (χ2n) is 11.8. The number of hydrazone groups is 1. The first-order valence-electron chi connectivity index (χ1n) is 14.7. The highest BCUT2D eigenvalue weighted by Crippen LogP contribution is 2.36. The number of rotatable bonds is 12. The summed E-state index contributed by atoms with van der Waals surface area (Å²) in [5.74, 6) is 0.743. The molecule has 0 saturated carbocycles. The van der Waals surface area contributed by atoms with Gasteiger partial charge in [0.1, 0.15) is 0 Å². The SMILES string of the molecule is CN(CCO[Si](c1ccccc1)(c1ccccc1)C(C)(C)C)Cc1ccc(/C=N/Nc2ccc(-c3cnco3)cc2)cc1. The Hall–Kier alpha value is -4.30. The minimum Gasteiger partial charge on any atom is -0.444 e. The molecule has 0 atom stereocenters. The minimum atomic E-state index is -2.52. The lowest BCUT2D eigenvalue weighted by molar-refractivity contribution is 0.223. The van der Waals surface area contributed by atoms with Gasteiger partial charge in [-0.3, -0.25) is 10.3 Å². The van der Waals surface area contributed by atoms with Crippen LogP contribution in [-0.4, -0.2) is 44.6 Å². The summed E-state index contributed by atoms with van der Waals surface area (Å²) >= 11 is 0. The number of benzene rings is 4. The Morgan fingerprint density at radius 1 is 0.860 bits per heavy atom. The van der Waals surface area contributed by atoms with Crippen molar-refractivity contribution in [3.05, 3.63) is 133 Å². The van der Waals surface area contributed by atoms with Gasteiger partial charge < -0.3 is 8.84 Å². The monoisotopic (exact) mass is 588 g/mol. The Balaban J connectivity index is 1.16. The van der Waals surface area contributed by atoms with Gasteiger partial charge in [0.05, 0.1) is 18.1 Å². The van der Waals surface area contributed by atoms with Gasteiger partial charge in [-0.15, -0.1) is 0 Å². The Labute approximate surface area is 256 Å². The first kappa shape index (κ1) is 30.2. The number of hydrogen-bond acceptors (Lipinski definition) is 6. The molecule has 4 aromatic carbocycles. The zero-order chi connectivity index (χ0) is 30.1. The van der Waals surface area contributed by atoms with E-state index in [-0.39, 0.29) is 5.04 Å². The minimum absolute atomic E-state index is 0.0262. The zero-order valence-corrected chi connectivity index (χ0v) is 26.4. The highest BCUT2D eigenvalue weighted by molar-refractivity contribution is 6.99. The van der Waals surface area contributed by atoms with E-state index in [1.54, 1.807) is 6.20 Å². The van der Waals surface area contributed by atoms with Gasteiger partial charge in [-0.2, -0.15) is 5.10 Å². The van der Waals surface area contributed by atoms with E-state index in [1.165, 1.54) is 22.3 Å². The first-order valence-corrected chi connectivity index (χ1v) is 16.6. The van der Waals surface area contributed by atoms with E-state index in [1.807, 2.05) is 30.5 Å². The second-order valence-corrected chi connectivity index (χ2v) is 16.1. The molecular weight excluding hydrogens is 549 g/mol. The van der Waals surface area contributed by atoms with Crippen LogP contribution in [0.4, 0.5) is 5.69 Å². The van der Waals surface area contributed by atoms with Crippen LogP contribution in [0.25, 0.3) is 11.3 Å². The van der Waals surface area contributed by atoms with Crippen LogP contribution < -0.4 is 15.8 Å². The van der Waals surface area contributed by atoms with Crippen molar-refractivity contribution in [2.75, 3.05) is 25.6 Å². The summed E-state index contributed by atoms with van der Waals surface area (Å²) in [6.45, 7) is 9.31. The van der Waals surface area contributed by atoms with Gasteiger partial charge >= 0.3 is 0 Å². The lowest BCUT2D eigenvalue weighted by atomic mass is 10.1. The fourth-order valence-corrected chi connectivity index (χ4v) is 10.0. The molecule has 1 heterocycles. The molecule has 0 aliphatic heterocycles. The van der Waals surface area contributed by atoms with Crippen LogP contribution >= 0.6 is 0 Å². The summed E-state index contributed by atoms with van der Waals surface area (Å²) in [6.07, 6.45) is 4.96. The highest BCUT2D eigenvalue weighted by Gasteiger charge is 2.50. The maximum Gasteiger partial charge on any atom is 0.261 e. The zero-order valence-electron chi connectivity index (χ0n) is 25.4. The number of likely N-dealkylation sites (N-methyl/N-ethyl adjacent to an activating group) is 1. The number of anilines is 1. The van der Waals surface area contributed by atoms with Crippen molar-refractivity contribution in [3.63, 3.8) is 0 Å². The molecule has 5 rings (SSSR count). The van der Waals surface area contributed by atoms with E-state index in [0.29, 0.717) is 6.61 Å². The number of nitrogens with zero attached hydrogens (tertiary/aromatic N) is 3. The van der Waals surface area contributed by atoms with Crippen molar-refractivity contribution >= 4 is 30.6 Å². The van der Waals surface area contributed by atoms with Gasteiger partial charge in [0.15, 0.2) is 12.2 Å². The van der Waals surface area contributed by atoms with Crippen LogP contribution in [0, 0.1) is 0 Å². The summed E-state index contributed by atoms with van der Waals surface area (Å²) in [5, 5.41) is 6.99. The Bertz CT molecular complexity index is 1530. The van der Waals surface area contributed by atoms with E-state index in [0.717, 1.165) is 35.7 Å². The number of oxazole rings is 1. The van der Waals surface area contributed by atoms with Gasteiger partial charge in [-0.25, -0.2) is 4.98 Å². The lowest BCUT2D eigenvalue weighted by Crippen LogP contribution is -2.67. The molecule has 1 aromatic heterocycles. The van der Waals surface area contributed by atoms with E-state index < -0.39 is 8.32 Å². The van der Waals surface area contributed by atoms with Crippen LogP contribution in [0.5, 0.6) is 0 Å². The van der Waals surface area contributed by atoms with E-state index >= 15 is 0 Å². The number of hydrogen-bond donors (Lipinski definition) is 1. The third kappa shape index (κ3) is 7.38. The molecule has 0 aliphatic carbocycles. The molecule has 1 N–H and O–H groups in total. The first-order chi connectivity index (χ1) is 20.8. The highest BCUT2D eigenvalue weighted by atomic mass is 28.4. The fourth-order valence-electron chi connectivity index (χ4n) is 5.46. The molecule has 0 radical (unpaired) electrons. The quantitative estimate of drug-likeness (QED) is 0.0987. The Kier molecular flexibility index (Phi) is 9.67. The summed E-state index contributed by atoms with van der Waals surface area (Å²) in [4.78, 5) is 6.29. The van der Waals surface area contributed by atoms with Gasteiger partial charge in [0, 0.05) is 25.3 Å². The molecule has 5 aromatic rings. The molecule has 220 valence electrons. The van der Waals surface area contributed by atoms with Crippen molar-refractivity contribution in [1.82, 2.24) is 9.88 Å². The van der Waals surface area contributed by atoms with Crippen molar-refractivity contribution in [1.29, 1.82) is 0 Å². The third-order valence-electron chi connectivity index (χ3n) is 7.65. The maximum absolute atomic E-state index is 7.07. The maximum atomic E-state index is 7.07. The number of nitrogens with one attached hydrogen (secondary N) is 1. The van der Waals surface area contributed by atoms with Crippen LogP contribution in [0.3, 0.4) is 0 Å². The molecule has 0 fully saturated rings. The topological polar surface area (TPSA) is 62.9 Å². The van der Waals surface area contributed by atoms with Gasteiger partial charge in [0.2, 0.25) is 0 Å².